The highest BCUT2D eigenvalue weighted by atomic mass is 16.5. The van der Waals surface area contributed by atoms with Crippen LogP contribution in [-0.4, -0.2) is 34.8 Å². The van der Waals surface area contributed by atoms with Crippen molar-refractivity contribution in [2.75, 3.05) is 19.0 Å². The van der Waals surface area contributed by atoms with Gasteiger partial charge in [-0.3, -0.25) is 0 Å². The van der Waals surface area contributed by atoms with Crippen molar-refractivity contribution in [3.8, 4) is 5.75 Å². The second-order valence-electron chi connectivity index (χ2n) is 6.62. The molecule has 6 heteroatoms. The standard InChI is InChI=1S/C18H20N4O2/c1-12-16(5-8-19-21-12)20-17(23)22-10-13-3-4-14(24-2)9-15(13)18(11-22)6-7-18/h3-5,8-9H,6-7,10-11H2,1-2H3,(H,19,20,23). The highest BCUT2D eigenvalue weighted by Crippen LogP contribution is 2.53. The van der Waals surface area contributed by atoms with E-state index >= 15 is 0 Å². The Morgan fingerprint density at radius 2 is 2.17 bits per heavy atom. The zero-order valence-electron chi connectivity index (χ0n) is 13.9. The zero-order chi connectivity index (χ0) is 16.7. The van der Waals surface area contributed by atoms with Gasteiger partial charge in [-0.25, -0.2) is 4.79 Å². The third-order valence-electron chi connectivity index (χ3n) is 5.03. The largest absolute Gasteiger partial charge is 0.497 e. The number of anilines is 1. The van der Waals surface area contributed by atoms with Gasteiger partial charge in [0.15, 0.2) is 0 Å². The number of hydrogen-bond donors (Lipinski definition) is 1. The van der Waals surface area contributed by atoms with E-state index in [-0.39, 0.29) is 11.4 Å². The van der Waals surface area contributed by atoms with Crippen molar-refractivity contribution in [3.63, 3.8) is 0 Å². The highest BCUT2D eigenvalue weighted by molar-refractivity contribution is 5.90. The van der Waals surface area contributed by atoms with Crippen LogP contribution in [-0.2, 0) is 12.0 Å². The number of amides is 2. The molecule has 2 aromatic rings. The summed E-state index contributed by atoms with van der Waals surface area (Å²) in [6.45, 7) is 3.20. The molecule has 1 aromatic carbocycles. The van der Waals surface area contributed by atoms with E-state index in [4.69, 9.17) is 4.74 Å². The summed E-state index contributed by atoms with van der Waals surface area (Å²) < 4.78 is 5.36. The number of nitrogens with one attached hydrogen (secondary N) is 1. The summed E-state index contributed by atoms with van der Waals surface area (Å²) in [5, 5.41) is 10.8. The van der Waals surface area contributed by atoms with Crippen molar-refractivity contribution in [1.82, 2.24) is 15.1 Å². The van der Waals surface area contributed by atoms with E-state index in [2.05, 4.69) is 27.6 Å². The lowest BCUT2D eigenvalue weighted by molar-refractivity contribution is 0.197. The molecule has 4 rings (SSSR count). The minimum atomic E-state index is -0.0844. The van der Waals surface area contributed by atoms with Gasteiger partial charge in [-0.05, 0) is 49.1 Å². The molecule has 2 amide bonds. The summed E-state index contributed by atoms with van der Waals surface area (Å²) in [6.07, 6.45) is 3.82. The number of aromatic nitrogens is 2. The number of carbonyl (C=O) groups excluding carboxylic acids is 1. The average Bonchev–Trinajstić information content (AvgIpc) is 3.36. The average molecular weight is 324 g/mol. The first-order valence-electron chi connectivity index (χ1n) is 8.13. The molecule has 0 bridgehead atoms. The number of carbonyl (C=O) groups is 1. The van der Waals surface area contributed by atoms with Crippen LogP contribution in [0, 0.1) is 6.92 Å². The zero-order valence-corrected chi connectivity index (χ0v) is 13.9. The molecular weight excluding hydrogens is 304 g/mol. The summed E-state index contributed by atoms with van der Waals surface area (Å²) in [7, 11) is 1.69. The van der Waals surface area contributed by atoms with Crippen LogP contribution in [0.25, 0.3) is 0 Å². The van der Waals surface area contributed by atoms with Crippen LogP contribution in [0.3, 0.4) is 0 Å². The van der Waals surface area contributed by atoms with Crippen molar-refractivity contribution in [2.45, 2.75) is 31.7 Å². The van der Waals surface area contributed by atoms with Crippen molar-refractivity contribution in [2.24, 2.45) is 0 Å². The molecular formula is C18H20N4O2. The first kappa shape index (κ1) is 14.9. The third-order valence-corrected chi connectivity index (χ3v) is 5.03. The van der Waals surface area contributed by atoms with Gasteiger partial charge in [-0.15, -0.1) is 0 Å². The molecule has 0 saturated heterocycles. The van der Waals surface area contributed by atoms with Gasteiger partial charge >= 0.3 is 6.03 Å². The van der Waals surface area contributed by atoms with Gasteiger partial charge in [0.2, 0.25) is 0 Å². The molecule has 124 valence electrons. The number of fused-ring (bicyclic) bond motifs is 2. The molecule has 2 heterocycles. The lowest BCUT2D eigenvalue weighted by atomic mass is 9.87. The fraction of sp³-hybridized carbons (Fsp3) is 0.389. The first-order valence-corrected chi connectivity index (χ1v) is 8.13. The maximum atomic E-state index is 12.7. The Balaban J connectivity index is 1.58. The van der Waals surface area contributed by atoms with Gasteiger partial charge in [-0.1, -0.05) is 6.07 Å². The number of rotatable bonds is 2. The first-order chi connectivity index (χ1) is 11.6. The van der Waals surface area contributed by atoms with Crippen LogP contribution in [0.2, 0.25) is 0 Å². The predicted molar refractivity (Wildman–Crippen MR) is 90.1 cm³/mol. The van der Waals surface area contributed by atoms with E-state index in [0.717, 1.165) is 25.1 Å². The minimum Gasteiger partial charge on any atom is -0.497 e. The molecule has 1 aliphatic carbocycles. The van der Waals surface area contributed by atoms with Crippen LogP contribution in [0.5, 0.6) is 5.75 Å². The number of benzene rings is 1. The molecule has 1 spiro atoms. The van der Waals surface area contributed by atoms with E-state index in [9.17, 15) is 4.79 Å². The quantitative estimate of drug-likeness (QED) is 0.922. The normalized spacial score (nSPS) is 17.3. The molecule has 1 fully saturated rings. The van der Waals surface area contributed by atoms with E-state index in [0.29, 0.717) is 17.9 Å². The Bertz CT molecular complexity index is 801. The summed E-state index contributed by atoms with van der Waals surface area (Å²) in [5.41, 5.74) is 4.08. The van der Waals surface area contributed by atoms with Crippen LogP contribution in [0.1, 0.15) is 29.7 Å². The summed E-state index contributed by atoms with van der Waals surface area (Å²) >= 11 is 0. The molecule has 0 atom stereocenters. The van der Waals surface area contributed by atoms with Crippen molar-refractivity contribution in [3.05, 3.63) is 47.3 Å². The third kappa shape index (κ3) is 2.48. The predicted octanol–water partition coefficient (Wildman–Crippen LogP) is 2.87. The Morgan fingerprint density at radius 3 is 2.88 bits per heavy atom. The van der Waals surface area contributed by atoms with Gasteiger partial charge in [0.25, 0.3) is 0 Å². The smallest absolute Gasteiger partial charge is 0.322 e. The van der Waals surface area contributed by atoms with E-state index in [1.54, 1.807) is 19.4 Å². The molecule has 1 saturated carbocycles. The molecule has 6 nitrogen and oxygen atoms in total. The summed E-state index contributed by atoms with van der Waals surface area (Å²) in [4.78, 5) is 14.6. The van der Waals surface area contributed by atoms with Crippen molar-refractivity contribution >= 4 is 11.7 Å². The molecule has 1 aliphatic heterocycles. The fourth-order valence-corrected chi connectivity index (χ4v) is 3.48. The molecule has 1 N–H and O–H groups in total. The molecule has 1 aromatic heterocycles. The number of nitrogens with zero attached hydrogens (tertiary/aromatic N) is 3. The number of aryl methyl sites for hydroxylation is 1. The second kappa shape index (κ2) is 5.47. The summed E-state index contributed by atoms with van der Waals surface area (Å²) in [6, 6.07) is 7.86. The molecule has 0 radical (unpaired) electrons. The van der Waals surface area contributed by atoms with Crippen LogP contribution in [0.4, 0.5) is 10.5 Å². The van der Waals surface area contributed by atoms with Crippen LogP contribution < -0.4 is 10.1 Å². The Kier molecular flexibility index (Phi) is 3.40. The monoisotopic (exact) mass is 324 g/mol. The van der Waals surface area contributed by atoms with Crippen molar-refractivity contribution in [1.29, 1.82) is 0 Å². The van der Waals surface area contributed by atoms with Gasteiger partial charge in [-0.2, -0.15) is 10.2 Å². The molecule has 0 unspecified atom stereocenters. The van der Waals surface area contributed by atoms with Crippen LogP contribution >= 0.6 is 0 Å². The minimum absolute atomic E-state index is 0.0844. The maximum Gasteiger partial charge on any atom is 0.322 e. The van der Waals surface area contributed by atoms with E-state index < -0.39 is 0 Å². The second-order valence-corrected chi connectivity index (χ2v) is 6.62. The van der Waals surface area contributed by atoms with Gasteiger partial charge in [0.1, 0.15) is 5.75 Å². The topological polar surface area (TPSA) is 67.3 Å². The summed E-state index contributed by atoms with van der Waals surface area (Å²) in [5.74, 6) is 0.886. The molecule has 2 aliphatic rings. The van der Waals surface area contributed by atoms with Crippen molar-refractivity contribution < 1.29 is 9.53 Å². The van der Waals surface area contributed by atoms with E-state index in [1.807, 2.05) is 17.9 Å². The fourth-order valence-electron chi connectivity index (χ4n) is 3.48. The Hall–Kier alpha value is -2.63. The maximum absolute atomic E-state index is 12.7. The number of urea groups is 1. The highest BCUT2D eigenvalue weighted by Gasteiger charge is 2.50. The van der Waals surface area contributed by atoms with Gasteiger partial charge in [0.05, 0.1) is 24.7 Å². The van der Waals surface area contributed by atoms with Gasteiger partial charge in [0, 0.05) is 18.5 Å². The van der Waals surface area contributed by atoms with E-state index in [1.165, 1.54) is 11.1 Å². The van der Waals surface area contributed by atoms with Gasteiger partial charge < -0.3 is 15.0 Å². The number of hydrogen-bond acceptors (Lipinski definition) is 4. The lowest BCUT2D eigenvalue weighted by Crippen LogP contribution is -2.43. The van der Waals surface area contributed by atoms with Crippen LogP contribution in [0.15, 0.2) is 30.5 Å². The number of methoxy groups -OCH3 is 1. The Morgan fingerprint density at radius 1 is 1.33 bits per heavy atom. The Labute approximate surface area is 140 Å². The molecule has 24 heavy (non-hydrogen) atoms. The number of ether oxygens (including phenoxy) is 1. The lowest BCUT2D eigenvalue weighted by Gasteiger charge is -2.35. The SMILES string of the molecule is COc1ccc2c(c1)C1(CC1)CN(C(=O)Nc1ccnnc1C)C2.